The standard InChI is InChI=1S/C12H11BrO.Cl3OP/c1-7-10-5-3-9(13)4-6-11(10)8(2)12(7)14;1-5(2,3)4/h3-6,14H,1-2H3;. The first-order chi connectivity index (χ1) is 8.61. The third kappa shape index (κ3) is 5.17. The SMILES string of the molecule is Cc1c2ccc(Br)ccc-2c(C)c1O.O=P(Cl)(Cl)Cl. The molecule has 0 atom stereocenters. The summed E-state index contributed by atoms with van der Waals surface area (Å²) < 4.78 is 10.6. The lowest BCUT2D eigenvalue weighted by atomic mass is 10.1. The molecule has 0 unspecified atom stereocenters. The molecule has 104 valence electrons. The highest BCUT2D eigenvalue weighted by Crippen LogP contribution is 2.61. The minimum atomic E-state index is -3.22. The van der Waals surface area contributed by atoms with Gasteiger partial charge < -0.3 is 5.11 Å². The summed E-state index contributed by atoms with van der Waals surface area (Å²) in [5.41, 5.74) is 4.15. The molecule has 7 heteroatoms. The van der Waals surface area contributed by atoms with Crippen LogP contribution in [0.25, 0.3) is 11.1 Å². The zero-order valence-electron chi connectivity index (χ0n) is 10.1. The van der Waals surface area contributed by atoms with E-state index in [0.29, 0.717) is 5.75 Å². The van der Waals surface area contributed by atoms with E-state index in [1.54, 1.807) is 0 Å². The Morgan fingerprint density at radius 1 is 1.00 bits per heavy atom. The summed E-state index contributed by atoms with van der Waals surface area (Å²) >= 11 is 17.3. The molecule has 0 bridgehead atoms. The van der Waals surface area contributed by atoms with Gasteiger partial charge in [0.1, 0.15) is 5.75 Å². The first-order valence-corrected chi connectivity index (χ1v) is 10.4. The van der Waals surface area contributed by atoms with Gasteiger partial charge in [-0.25, -0.2) is 0 Å². The number of fused-ring (bicyclic) bond motifs is 1. The van der Waals surface area contributed by atoms with Gasteiger partial charge in [0.15, 0.2) is 0 Å². The molecule has 0 aliphatic heterocycles. The van der Waals surface area contributed by atoms with Crippen molar-refractivity contribution in [3.05, 3.63) is 39.9 Å². The number of rotatable bonds is 0. The largest absolute Gasteiger partial charge is 0.507 e. The van der Waals surface area contributed by atoms with Gasteiger partial charge in [-0.05, 0) is 82.0 Å². The van der Waals surface area contributed by atoms with E-state index in [-0.39, 0.29) is 0 Å². The molecule has 0 aromatic rings. The summed E-state index contributed by atoms with van der Waals surface area (Å²) in [5.74, 6) is 0.419. The summed E-state index contributed by atoms with van der Waals surface area (Å²) in [6.07, 6.45) is 0. The van der Waals surface area contributed by atoms with E-state index < -0.39 is 5.20 Å². The van der Waals surface area contributed by atoms with E-state index in [1.165, 1.54) is 0 Å². The lowest BCUT2D eigenvalue weighted by molar-refractivity contribution is 0.470. The zero-order valence-corrected chi connectivity index (χ0v) is 14.9. The number of hydrogen-bond acceptors (Lipinski definition) is 2. The lowest BCUT2D eigenvalue weighted by Gasteiger charge is -1.93. The topological polar surface area (TPSA) is 37.3 Å². The first kappa shape index (κ1) is 17.1. The third-order valence-electron chi connectivity index (χ3n) is 2.63. The fourth-order valence-corrected chi connectivity index (χ4v) is 2.02. The average Bonchev–Trinajstić information content (AvgIpc) is 2.44. The molecule has 0 saturated heterocycles. The van der Waals surface area contributed by atoms with Gasteiger partial charge in [0, 0.05) is 4.47 Å². The van der Waals surface area contributed by atoms with Gasteiger partial charge in [0.25, 0.3) is 0 Å². The Bertz CT molecular complexity index is 565. The van der Waals surface area contributed by atoms with E-state index in [2.05, 4.69) is 49.7 Å². The molecule has 0 spiro atoms. The van der Waals surface area contributed by atoms with Gasteiger partial charge in [0.2, 0.25) is 0 Å². The lowest BCUT2D eigenvalue weighted by Crippen LogP contribution is -1.70. The summed E-state index contributed by atoms with van der Waals surface area (Å²) in [7, 11) is 0. The highest BCUT2D eigenvalue weighted by molar-refractivity contribution is 9.10. The van der Waals surface area contributed by atoms with Crippen molar-refractivity contribution in [3.8, 4) is 16.9 Å². The van der Waals surface area contributed by atoms with E-state index in [9.17, 15) is 9.67 Å². The van der Waals surface area contributed by atoms with Crippen LogP contribution in [0.2, 0.25) is 0 Å². The van der Waals surface area contributed by atoms with Crippen molar-refractivity contribution in [2.75, 3.05) is 0 Å². The minimum Gasteiger partial charge on any atom is -0.507 e. The van der Waals surface area contributed by atoms with Crippen molar-refractivity contribution < 1.29 is 9.67 Å². The first-order valence-electron chi connectivity index (χ1n) is 5.17. The summed E-state index contributed by atoms with van der Waals surface area (Å²) in [4.78, 5) is 0. The number of aromatic hydroxyl groups is 1. The van der Waals surface area contributed by atoms with Gasteiger partial charge in [-0.2, -0.15) is 0 Å². The van der Waals surface area contributed by atoms with Crippen LogP contribution in [-0.2, 0) is 4.57 Å². The van der Waals surface area contributed by atoms with Crippen LogP contribution in [0.4, 0.5) is 0 Å². The van der Waals surface area contributed by atoms with E-state index in [1.807, 2.05) is 38.1 Å². The smallest absolute Gasteiger partial charge is 0.339 e. The molecule has 0 saturated carbocycles. The number of hydrogen-bond donors (Lipinski definition) is 1. The molecular formula is C12H11BrCl3O2P. The van der Waals surface area contributed by atoms with E-state index in [4.69, 9.17) is 0 Å². The normalized spacial score (nSPS) is 11.1. The molecule has 0 radical (unpaired) electrons. The molecule has 2 rings (SSSR count). The Balaban J connectivity index is 0.000000312. The highest BCUT2D eigenvalue weighted by Gasteiger charge is 2.15. The predicted molar refractivity (Wildman–Crippen MR) is 87.1 cm³/mol. The second-order valence-corrected chi connectivity index (χ2v) is 11.4. The molecule has 2 nitrogen and oxygen atoms in total. The molecule has 1 N–H and O–H groups in total. The maximum atomic E-state index is 9.77. The molecular weight excluding hydrogens is 393 g/mol. The number of halogens is 4. The second kappa shape index (κ2) is 6.69. The molecule has 0 heterocycles. The fourth-order valence-electron chi connectivity index (χ4n) is 1.75. The van der Waals surface area contributed by atoms with Gasteiger partial charge in [0.05, 0.1) is 0 Å². The maximum Gasteiger partial charge on any atom is 0.339 e. The third-order valence-corrected chi connectivity index (χ3v) is 3.16. The van der Waals surface area contributed by atoms with Gasteiger partial charge in [-0.1, -0.05) is 28.1 Å². The van der Waals surface area contributed by atoms with Crippen molar-refractivity contribution in [2.45, 2.75) is 13.8 Å². The van der Waals surface area contributed by atoms with Crippen LogP contribution in [-0.4, -0.2) is 5.11 Å². The van der Waals surface area contributed by atoms with Gasteiger partial charge >= 0.3 is 5.20 Å². The Morgan fingerprint density at radius 2 is 1.32 bits per heavy atom. The minimum absolute atomic E-state index is 0.419. The molecule has 2 aliphatic carbocycles. The quantitative estimate of drug-likeness (QED) is 0.497. The summed E-state index contributed by atoms with van der Waals surface area (Å²) in [6.45, 7) is 3.89. The Morgan fingerprint density at radius 3 is 1.63 bits per heavy atom. The maximum absolute atomic E-state index is 9.77. The monoisotopic (exact) mass is 402 g/mol. The molecule has 2 aliphatic rings. The zero-order chi connectivity index (χ0) is 14.8. The van der Waals surface area contributed by atoms with Crippen molar-refractivity contribution in [1.82, 2.24) is 0 Å². The summed E-state index contributed by atoms with van der Waals surface area (Å²) in [5, 5.41) is 6.55. The molecule has 0 aromatic carbocycles. The van der Waals surface area contributed by atoms with Crippen LogP contribution in [0, 0.1) is 13.8 Å². The van der Waals surface area contributed by atoms with Crippen LogP contribution in [0.1, 0.15) is 11.1 Å². The predicted octanol–water partition coefficient (Wildman–Crippen LogP) is 6.69. The van der Waals surface area contributed by atoms with Crippen molar-refractivity contribution in [1.29, 1.82) is 0 Å². The molecule has 0 fully saturated rings. The molecule has 0 amide bonds. The molecule has 0 aromatic heterocycles. The van der Waals surface area contributed by atoms with Crippen LogP contribution < -0.4 is 0 Å². The highest BCUT2D eigenvalue weighted by atomic mass is 79.9. The van der Waals surface area contributed by atoms with Crippen LogP contribution in [0.3, 0.4) is 0 Å². The van der Waals surface area contributed by atoms with Crippen LogP contribution in [0.15, 0.2) is 28.7 Å². The van der Waals surface area contributed by atoms with Gasteiger partial charge in [-0.15, -0.1) is 0 Å². The van der Waals surface area contributed by atoms with Gasteiger partial charge in [-0.3, -0.25) is 4.57 Å². The van der Waals surface area contributed by atoms with Crippen molar-refractivity contribution in [2.24, 2.45) is 0 Å². The van der Waals surface area contributed by atoms with Crippen LogP contribution in [0.5, 0.6) is 5.75 Å². The second-order valence-electron chi connectivity index (χ2n) is 3.88. The fraction of sp³-hybridized carbons (Fsp3) is 0.167. The van der Waals surface area contributed by atoms with Crippen LogP contribution >= 0.6 is 54.9 Å². The van der Waals surface area contributed by atoms with Crippen molar-refractivity contribution >= 4 is 54.9 Å². The Labute approximate surface area is 134 Å². The van der Waals surface area contributed by atoms with E-state index >= 15 is 0 Å². The molecule has 19 heavy (non-hydrogen) atoms. The van der Waals surface area contributed by atoms with Crippen molar-refractivity contribution in [3.63, 3.8) is 0 Å². The Kier molecular flexibility index (Phi) is 6.03. The summed E-state index contributed by atoms with van der Waals surface area (Å²) in [6, 6.07) is 8.05. The average molecular weight is 404 g/mol. The Hall–Kier alpha value is 0.0800. The van der Waals surface area contributed by atoms with E-state index in [0.717, 1.165) is 26.7 Å².